The van der Waals surface area contributed by atoms with Gasteiger partial charge in [-0.05, 0) is 13.0 Å². The molecule has 0 aliphatic rings. The highest BCUT2D eigenvalue weighted by Gasteiger charge is 2.08. The Kier molecular flexibility index (Phi) is 5.24. The Labute approximate surface area is 126 Å². The molecular weight excluding hydrogens is 303 g/mol. The van der Waals surface area contributed by atoms with Gasteiger partial charge in [-0.3, -0.25) is 0 Å². The van der Waals surface area contributed by atoms with E-state index in [0.29, 0.717) is 21.7 Å². The maximum absolute atomic E-state index is 6.11. The van der Waals surface area contributed by atoms with Crippen molar-refractivity contribution < 1.29 is 0 Å². The quantitative estimate of drug-likeness (QED) is 0.847. The lowest BCUT2D eigenvalue weighted by Crippen LogP contribution is -2.09. The van der Waals surface area contributed by atoms with E-state index in [4.69, 9.17) is 23.2 Å². The summed E-state index contributed by atoms with van der Waals surface area (Å²) in [7, 11) is 0. The van der Waals surface area contributed by atoms with E-state index < -0.39 is 0 Å². The largest absolute Gasteiger partial charge is 0.369 e. The van der Waals surface area contributed by atoms with E-state index in [2.05, 4.69) is 20.6 Å². The van der Waals surface area contributed by atoms with Crippen LogP contribution in [0.25, 0.3) is 0 Å². The Morgan fingerprint density at radius 1 is 1.21 bits per heavy atom. The van der Waals surface area contributed by atoms with Crippen molar-refractivity contribution in [3.63, 3.8) is 0 Å². The van der Waals surface area contributed by atoms with Crippen LogP contribution >= 0.6 is 34.5 Å². The molecule has 7 heteroatoms. The molecule has 0 saturated heterocycles. The lowest BCUT2D eigenvalue weighted by molar-refractivity contribution is 0.968. The van der Waals surface area contributed by atoms with Crippen LogP contribution < -0.4 is 10.6 Å². The van der Waals surface area contributed by atoms with Gasteiger partial charge in [0.25, 0.3) is 0 Å². The molecule has 102 valence electrons. The summed E-state index contributed by atoms with van der Waals surface area (Å²) in [5, 5.41) is 9.37. The number of anilines is 2. The first kappa shape index (κ1) is 14.4. The number of hydrogen-bond donors (Lipinski definition) is 2. The minimum absolute atomic E-state index is 0.518. The van der Waals surface area contributed by atoms with Crippen molar-refractivity contribution in [2.24, 2.45) is 0 Å². The van der Waals surface area contributed by atoms with E-state index >= 15 is 0 Å². The van der Waals surface area contributed by atoms with Gasteiger partial charge in [0.15, 0.2) is 0 Å². The fourth-order valence-corrected chi connectivity index (χ4v) is 2.64. The first-order chi connectivity index (χ1) is 9.20. The molecule has 0 saturated carbocycles. The summed E-state index contributed by atoms with van der Waals surface area (Å²) in [4.78, 5) is 8.60. The summed E-state index contributed by atoms with van der Waals surface area (Å²) in [6, 6.07) is 1.69. The van der Waals surface area contributed by atoms with Gasteiger partial charge in [-0.15, -0.1) is 11.3 Å². The summed E-state index contributed by atoms with van der Waals surface area (Å²) in [6.45, 7) is 3.47. The highest BCUT2D eigenvalue weighted by atomic mass is 35.5. The van der Waals surface area contributed by atoms with E-state index in [0.717, 1.165) is 25.2 Å². The third-order valence-electron chi connectivity index (χ3n) is 2.43. The molecule has 0 aliphatic carbocycles. The summed E-state index contributed by atoms with van der Waals surface area (Å²) in [5.74, 6) is 1.28. The molecule has 2 rings (SSSR count). The molecular formula is C12H14Cl2N4S. The van der Waals surface area contributed by atoms with Gasteiger partial charge in [-0.2, -0.15) is 0 Å². The molecule has 0 bridgehead atoms. The molecule has 0 unspecified atom stereocenters. The fraction of sp³-hybridized carbons (Fsp3) is 0.333. The Morgan fingerprint density at radius 2 is 1.95 bits per heavy atom. The van der Waals surface area contributed by atoms with Gasteiger partial charge in [0.2, 0.25) is 0 Å². The van der Waals surface area contributed by atoms with Crippen LogP contribution in [-0.2, 0) is 6.42 Å². The van der Waals surface area contributed by atoms with Gasteiger partial charge in [-0.25, -0.2) is 9.97 Å². The van der Waals surface area contributed by atoms with Crippen molar-refractivity contribution >= 4 is 46.2 Å². The van der Waals surface area contributed by atoms with Crippen molar-refractivity contribution in [1.82, 2.24) is 9.97 Å². The summed E-state index contributed by atoms with van der Waals surface area (Å²) in [6.07, 6.45) is 0.834. The molecule has 0 aromatic carbocycles. The highest BCUT2D eigenvalue weighted by molar-refractivity contribution is 7.07. The van der Waals surface area contributed by atoms with Crippen LogP contribution in [0.15, 0.2) is 17.0 Å². The van der Waals surface area contributed by atoms with E-state index in [1.807, 2.05) is 17.8 Å². The molecule has 0 amide bonds. The Bertz CT molecular complexity index is 531. The van der Waals surface area contributed by atoms with Crippen molar-refractivity contribution in [3.05, 3.63) is 32.7 Å². The predicted molar refractivity (Wildman–Crippen MR) is 82.7 cm³/mol. The van der Waals surface area contributed by atoms with Gasteiger partial charge >= 0.3 is 0 Å². The molecule has 4 nitrogen and oxygen atoms in total. The molecule has 2 N–H and O–H groups in total. The first-order valence-electron chi connectivity index (χ1n) is 5.91. The van der Waals surface area contributed by atoms with Crippen LogP contribution in [-0.4, -0.2) is 23.1 Å². The molecule has 0 spiro atoms. The summed E-state index contributed by atoms with van der Waals surface area (Å²) < 4.78 is 0. The summed E-state index contributed by atoms with van der Waals surface area (Å²) >= 11 is 13.8. The van der Waals surface area contributed by atoms with Crippen LogP contribution in [0.4, 0.5) is 11.6 Å². The highest BCUT2D eigenvalue weighted by Crippen LogP contribution is 2.29. The van der Waals surface area contributed by atoms with E-state index in [-0.39, 0.29) is 0 Å². The third kappa shape index (κ3) is 3.96. The number of rotatable bonds is 6. The minimum Gasteiger partial charge on any atom is -0.369 e. The van der Waals surface area contributed by atoms with Crippen LogP contribution in [0, 0.1) is 0 Å². The number of nitrogens with zero attached hydrogens (tertiary/aromatic N) is 2. The van der Waals surface area contributed by atoms with Crippen LogP contribution in [0.2, 0.25) is 10.0 Å². The van der Waals surface area contributed by atoms with Crippen LogP contribution in [0.1, 0.15) is 12.6 Å². The maximum Gasteiger partial charge on any atom is 0.147 e. The topological polar surface area (TPSA) is 49.8 Å². The van der Waals surface area contributed by atoms with E-state index in [1.54, 1.807) is 17.4 Å². The number of nitrogens with one attached hydrogen (secondary N) is 2. The van der Waals surface area contributed by atoms with Crippen molar-refractivity contribution in [1.29, 1.82) is 0 Å². The van der Waals surface area contributed by atoms with Gasteiger partial charge in [-0.1, -0.05) is 23.2 Å². The second kappa shape index (κ2) is 6.93. The molecule has 0 aliphatic heterocycles. The monoisotopic (exact) mass is 316 g/mol. The zero-order chi connectivity index (χ0) is 13.7. The number of halogens is 2. The second-order valence-electron chi connectivity index (χ2n) is 3.84. The standard InChI is InChI=1S/C12H14Cl2N4S/c1-2-15-11-9(13)5-10(14)12(18-11)16-4-3-8-6-19-7-17-8/h5-7H,2-4H2,1H3,(H2,15,16,18). The smallest absolute Gasteiger partial charge is 0.147 e. The Morgan fingerprint density at radius 3 is 2.58 bits per heavy atom. The molecule has 19 heavy (non-hydrogen) atoms. The lowest BCUT2D eigenvalue weighted by atomic mass is 10.3. The number of pyridine rings is 1. The van der Waals surface area contributed by atoms with Gasteiger partial charge in [0, 0.05) is 24.9 Å². The van der Waals surface area contributed by atoms with E-state index in [1.165, 1.54) is 0 Å². The van der Waals surface area contributed by atoms with Crippen LogP contribution in [0.3, 0.4) is 0 Å². The Balaban J connectivity index is 2.00. The molecule has 0 atom stereocenters. The zero-order valence-electron chi connectivity index (χ0n) is 10.4. The lowest BCUT2D eigenvalue weighted by Gasteiger charge is -2.11. The second-order valence-corrected chi connectivity index (χ2v) is 5.37. The third-order valence-corrected chi connectivity index (χ3v) is 3.64. The van der Waals surface area contributed by atoms with Gasteiger partial charge < -0.3 is 10.6 Å². The number of thiazole rings is 1. The van der Waals surface area contributed by atoms with E-state index in [9.17, 15) is 0 Å². The molecule has 2 aromatic heterocycles. The molecule has 0 radical (unpaired) electrons. The SMILES string of the molecule is CCNc1nc(NCCc2cscn2)c(Cl)cc1Cl. The molecule has 2 heterocycles. The fourth-order valence-electron chi connectivity index (χ4n) is 1.55. The predicted octanol–water partition coefficient (Wildman–Crippen LogP) is 3.93. The number of aromatic nitrogens is 2. The Hall–Kier alpha value is -1.04. The maximum atomic E-state index is 6.11. The molecule has 2 aromatic rings. The molecule has 0 fully saturated rings. The zero-order valence-corrected chi connectivity index (χ0v) is 12.7. The first-order valence-corrected chi connectivity index (χ1v) is 7.61. The average Bonchev–Trinajstić information content (AvgIpc) is 2.88. The number of hydrogen-bond acceptors (Lipinski definition) is 5. The minimum atomic E-state index is 0.518. The normalized spacial score (nSPS) is 10.5. The summed E-state index contributed by atoms with van der Waals surface area (Å²) in [5.41, 5.74) is 2.89. The average molecular weight is 317 g/mol. The van der Waals surface area contributed by atoms with Crippen molar-refractivity contribution in [2.75, 3.05) is 23.7 Å². The van der Waals surface area contributed by atoms with Gasteiger partial charge in [0.1, 0.15) is 11.6 Å². The van der Waals surface area contributed by atoms with Crippen molar-refractivity contribution in [2.45, 2.75) is 13.3 Å². The van der Waals surface area contributed by atoms with Gasteiger partial charge in [0.05, 0.1) is 21.2 Å². The van der Waals surface area contributed by atoms with Crippen LogP contribution in [0.5, 0.6) is 0 Å². The van der Waals surface area contributed by atoms with Crippen molar-refractivity contribution in [3.8, 4) is 0 Å².